The minimum atomic E-state index is -0.0711. The van der Waals surface area contributed by atoms with Gasteiger partial charge in [-0.25, -0.2) is 4.39 Å². The monoisotopic (exact) mass is 256 g/mol. The molecule has 98 valence electrons. The van der Waals surface area contributed by atoms with Crippen molar-refractivity contribution in [3.63, 3.8) is 0 Å². The second-order valence-electron chi connectivity index (χ2n) is 5.10. The maximum atomic E-state index is 13.8. The van der Waals surface area contributed by atoms with E-state index in [1.807, 2.05) is 36.7 Å². The summed E-state index contributed by atoms with van der Waals surface area (Å²) in [4.78, 5) is 6.41. The molecule has 1 fully saturated rings. The first kappa shape index (κ1) is 12.3. The van der Waals surface area contributed by atoms with Crippen molar-refractivity contribution in [3.05, 3.63) is 65.7 Å². The average molecular weight is 256 g/mol. The van der Waals surface area contributed by atoms with E-state index in [9.17, 15) is 4.39 Å². The molecule has 0 radical (unpaired) electrons. The van der Waals surface area contributed by atoms with Crippen LogP contribution in [0.15, 0.2) is 48.8 Å². The molecule has 3 heteroatoms. The molecule has 1 aliphatic rings. The summed E-state index contributed by atoms with van der Waals surface area (Å²) in [5.74, 6) is 0.251. The topological polar surface area (TPSA) is 16.1 Å². The Morgan fingerprint density at radius 3 is 2.74 bits per heavy atom. The van der Waals surface area contributed by atoms with Crippen LogP contribution in [0.5, 0.6) is 0 Å². The van der Waals surface area contributed by atoms with Gasteiger partial charge in [0, 0.05) is 31.4 Å². The summed E-state index contributed by atoms with van der Waals surface area (Å²) in [6.45, 7) is 2.89. The van der Waals surface area contributed by atoms with Crippen molar-refractivity contribution in [2.75, 3.05) is 13.1 Å². The fourth-order valence-electron chi connectivity index (χ4n) is 2.78. The van der Waals surface area contributed by atoms with E-state index in [-0.39, 0.29) is 5.82 Å². The predicted octanol–water partition coefficient (Wildman–Crippen LogP) is 3.21. The number of hydrogen-bond acceptors (Lipinski definition) is 2. The Labute approximate surface area is 112 Å². The first-order valence-corrected chi connectivity index (χ1v) is 6.68. The number of halogens is 1. The quantitative estimate of drug-likeness (QED) is 0.838. The lowest BCUT2D eigenvalue weighted by molar-refractivity contribution is 0.326. The van der Waals surface area contributed by atoms with Gasteiger partial charge in [0.2, 0.25) is 0 Å². The van der Waals surface area contributed by atoms with Crippen molar-refractivity contribution in [3.8, 4) is 0 Å². The van der Waals surface area contributed by atoms with Crippen molar-refractivity contribution >= 4 is 0 Å². The number of pyridine rings is 1. The van der Waals surface area contributed by atoms with Gasteiger partial charge in [0.25, 0.3) is 0 Å². The third kappa shape index (κ3) is 2.82. The molecule has 1 aromatic carbocycles. The molecule has 1 aliphatic heterocycles. The van der Waals surface area contributed by atoms with Gasteiger partial charge in [-0.15, -0.1) is 0 Å². The van der Waals surface area contributed by atoms with Crippen LogP contribution in [0.2, 0.25) is 0 Å². The molecule has 2 aromatic rings. The number of aromatic nitrogens is 1. The Hall–Kier alpha value is -1.74. The van der Waals surface area contributed by atoms with Crippen LogP contribution >= 0.6 is 0 Å². The van der Waals surface area contributed by atoms with E-state index in [0.717, 1.165) is 31.6 Å². The molecule has 0 amide bonds. The SMILES string of the molecule is Fc1ccccc1[C@H]1CCN(Cc2ccncc2)C1. The Balaban J connectivity index is 1.66. The number of benzene rings is 1. The Bertz CT molecular complexity index is 541. The van der Waals surface area contributed by atoms with Gasteiger partial charge in [0.15, 0.2) is 0 Å². The molecule has 0 spiro atoms. The smallest absolute Gasteiger partial charge is 0.126 e. The van der Waals surface area contributed by atoms with Crippen molar-refractivity contribution in [2.24, 2.45) is 0 Å². The molecule has 19 heavy (non-hydrogen) atoms. The summed E-state index contributed by atoms with van der Waals surface area (Å²) < 4.78 is 13.8. The van der Waals surface area contributed by atoms with Crippen LogP contribution in [0.3, 0.4) is 0 Å². The van der Waals surface area contributed by atoms with Gasteiger partial charge in [-0.1, -0.05) is 18.2 Å². The van der Waals surface area contributed by atoms with Crippen LogP contribution < -0.4 is 0 Å². The summed E-state index contributed by atoms with van der Waals surface area (Å²) in [6.07, 6.45) is 4.67. The number of likely N-dealkylation sites (tertiary alicyclic amines) is 1. The minimum Gasteiger partial charge on any atom is -0.298 e. The summed E-state index contributed by atoms with van der Waals surface area (Å²) >= 11 is 0. The molecule has 0 saturated carbocycles. The predicted molar refractivity (Wildman–Crippen MR) is 73.3 cm³/mol. The maximum absolute atomic E-state index is 13.8. The van der Waals surface area contributed by atoms with E-state index in [0.29, 0.717) is 5.92 Å². The molecular weight excluding hydrogens is 239 g/mol. The summed E-state index contributed by atoms with van der Waals surface area (Å²) in [6, 6.07) is 11.2. The summed E-state index contributed by atoms with van der Waals surface area (Å²) in [5, 5.41) is 0. The first-order chi connectivity index (χ1) is 9.33. The van der Waals surface area contributed by atoms with Crippen molar-refractivity contribution in [1.29, 1.82) is 0 Å². The number of rotatable bonds is 3. The highest BCUT2D eigenvalue weighted by Crippen LogP contribution is 2.29. The zero-order chi connectivity index (χ0) is 13.1. The van der Waals surface area contributed by atoms with Gasteiger partial charge < -0.3 is 0 Å². The minimum absolute atomic E-state index is 0.0711. The lowest BCUT2D eigenvalue weighted by Gasteiger charge is -2.16. The lowest BCUT2D eigenvalue weighted by Crippen LogP contribution is -2.19. The van der Waals surface area contributed by atoms with Crippen molar-refractivity contribution < 1.29 is 4.39 Å². The third-order valence-electron chi connectivity index (χ3n) is 3.77. The van der Waals surface area contributed by atoms with Gasteiger partial charge in [-0.2, -0.15) is 0 Å². The van der Waals surface area contributed by atoms with Gasteiger partial charge >= 0.3 is 0 Å². The highest BCUT2D eigenvalue weighted by Gasteiger charge is 2.25. The molecule has 1 atom stereocenters. The van der Waals surface area contributed by atoms with E-state index < -0.39 is 0 Å². The molecule has 2 nitrogen and oxygen atoms in total. The molecule has 0 N–H and O–H groups in total. The first-order valence-electron chi connectivity index (χ1n) is 6.68. The fraction of sp³-hybridized carbons (Fsp3) is 0.312. The molecule has 0 unspecified atom stereocenters. The highest BCUT2D eigenvalue weighted by molar-refractivity contribution is 5.23. The lowest BCUT2D eigenvalue weighted by atomic mass is 9.98. The van der Waals surface area contributed by atoms with Crippen molar-refractivity contribution in [2.45, 2.75) is 18.9 Å². The maximum Gasteiger partial charge on any atom is 0.126 e. The number of hydrogen-bond donors (Lipinski definition) is 0. The second kappa shape index (κ2) is 5.49. The largest absolute Gasteiger partial charge is 0.298 e. The highest BCUT2D eigenvalue weighted by atomic mass is 19.1. The Kier molecular flexibility index (Phi) is 3.56. The number of nitrogens with zero attached hydrogens (tertiary/aromatic N) is 2. The van der Waals surface area contributed by atoms with E-state index in [1.165, 1.54) is 5.56 Å². The molecule has 0 aliphatic carbocycles. The van der Waals surface area contributed by atoms with Crippen LogP contribution in [-0.2, 0) is 6.54 Å². The van der Waals surface area contributed by atoms with E-state index in [1.54, 1.807) is 12.1 Å². The van der Waals surface area contributed by atoms with Crippen LogP contribution in [0.1, 0.15) is 23.5 Å². The van der Waals surface area contributed by atoms with E-state index >= 15 is 0 Å². The van der Waals surface area contributed by atoms with Crippen LogP contribution in [0.4, 0.5) is 4.39 Å². The Morgan fingerprint density at radius 1 is 1.16 bits per heavy atom. The Morgan fingerprint density at radius 2 is 1.95 bits per heavy atom. The van der Waals surface area contributed by atoms with Gasteiger partial charge in [0.1, 0.15) is 5.82 Å². The summed E-state index contributed by atoms with van der Waals surface area (Å²) in [5.41, 5.74) is 2.13. The average Bonchev–Trinajstić information content (AvgIpc) is 2.89. The molecule has 1 saturated heterocycles. The van der Waals surface area contributed by atoms with E-state index in [4.69, 9.17) is 0 Å². The summed E-state index contributed by atoms with van der Waals surface area (Å²) in [7, 11) is 0. The van der Waals surface area contributed by atoms with Gasteiger partial charge in [-0.05, 0) is 42.3 Å². The molecule has 2 heterocycles. The molecule has 0 bridgehead atoms. The van der Waals surface area contributed by atoms with Gasteiger partial charge in [-0.3, -0.25) is 9.88 Å². The van der Waals surface area contributed by atoms with Crippen molar-refractivity contribution in [1.82, 2.24) is 9.88 Å². The normalized spacial score (nSPS) is 19.7. The molecular formula is C16H17FN2. The van der Waals surface area contributed by atoms with E-state index in [2.05, 4.69) is 9.88 Å². The zero-order valence-electron chi connectivity index (χ0n) is 10.8. The third-order valence-corrected chi connectivity index (χ3v) is 3.77. The molecule has 1 aromatic heterocycles. The second-order valence-corrected chi connectivity index (χ2v) is 5.10. The van der Waals surface area contributed by atoms with Crippen LogP contribution in [-0.4, -0.2) is 23.0 Å². The fourth-order valence-corrected chi connectivity index (χ4v) is 2.78. The van der Waals surface area contributed by atoms with Gasteiger partial charge in [0.05, 0.1) is 0 Å². The van der Waals surface area contributed by atoms with Crippen LogP contribution in [0.25, 0.3) is 0 Å². The standard InChI is InChI=1S/C16H17FN2/c17-16-4-2-1-3-15(16)14-7-10-19(12-14)11-13-5-8-18-9-6-13/h1-6,8-9,14H,7,10-12H2/t14-/m0/s1. The molecule has 3 rings (SSSR count). The zero-order valence-corrected chi connectivity index (χ0v) is 10.8. The van der Waals surface area contributed by atoms with Crippen LogP contribution in [0, 0.1) is 5.82 Å².